The fraction of sp³-hybridized carbons (Fsp3) is 0.778. The summed E-state index contributed by atoms with van der Waals surface area (Å²) in [5.41, 5.74) is 0. The van der Waals surface area contributed by atoms with Gasteiger partial charge in [-0.15, -0.1) is 0 Å². The molecule has 0 amide bonds. The van der Waals surface area contributed by atoms with Crippen LogP contribution in [0.3, 0.4) is 0 Å². The van der Waals surface area contributed by atoms with Crippen LogP contribution in [0.4, 0.5) is 0 Å². The summed E-state index contributed by atoms with van der Waals surface area (Å²) in [4.78, 5) is 1.96. The van der Waals surface area contributed by atoms with Gasteiger partial charge in [-0.2, -0.15) is 12.6 Å². The van der Waals surface area contributed by atoms with E-state index in [4.69, 9.17) is 4.55 Å². The maximum absolute atomic E-state index is 10.6. The van der Waals surface area contributed by atoms with E-state index in [0.29, 0.717) is 11.2 Å². The SMILES string of the molecule is CCCC[N+]1(COS(=O)(=O)O)C=CN(C)C1. The lowest BCUT2D eigenvalue weighted by Gasteiger charge is -2.31. The predicted molar refractivity (Wildman–Crippen MR) is 59.3 cm³/mol. The third-order valence-corrected chi connectivity index (χ3v) is 2.96. The number of hydrogen-bond acceptors (Lipinski definition) is 4. The molecule has 0 saturated heterocycles. The fourth-order valence-corrected chi connectivity index (χ4v) is 2.08. The van der Waals surface area contributed by atoms with Crippen LogP contribution in [0.25, 0.3) is 0 Å². The summed E-state index contributed by atoms with van der Waals surface area (Å²) in [6, 6.07) is 0. The van der Waals surface area contributed by atoms with Crippen LogP contribution in [0.1, 0.15) is 19.8 Å². The molecule has 16 heavy (non-hydrogen) atoms. The summed E-state index contributed by atoms with van der Waals surface area (Å²) in [6.07, 6.45) is 5.81. The maximum atomic E-state index is 10.6. The average molecular weight is 251 g/mol. The summed E-state index contributed by atoms with van der Waals surface area (Å²) in [5.74, 6) is 0. The zero-order chi connectivity index (χ0) is 12.2. The van der Waals surface area contributed by atoms with Crippen molar-refractivity contribution in [1.29, 1.82) is 0 Å². The first kappa shape index (κ1) is 13.4. The molecule has 6 nitrogen and oxygen atoms in total. The highest BCUT2D eigenvalue weighted by atomic mass is 32.3. The van der Waals surface area contributed by atoms with E-state index in [1.807, 2.05) is 24.3 Å². The van der Waals surface area contributed by atoms with Crippen LogP contribution in [0.15, 0.2) is 12.4 Å². The lowest BCUT2D eigenvalue weighted by molar-refractivity contribution is -0.897. The van der Waals surface area contributed by atoms with Gasteiger partial charge in [-0.25, -0.2) is 0 Å². The highest BCUT2D eigenvalue weighted by Gasteiger charge is 2.32. The topological polar surface area (TPSA) is 66.8 Å². The third kappa shape index (κ3) is 4.09. The molecule has 0 spiro atoms. The lowest BCUT2D eigenvalue weighted by Crippen LogP contribution is -2.47. The van der Waals surface area contributed by atoms with Crippen molar-refractivity contribution in [3.8, 4) is 0 Å². The normalized spacial score (nSPS) is 25.3. The Hall–Kier alpha value is -0.630. The Morgan fingerprint density at radius 1 is 1.56 bits per heavy atom. The molecular formula is C9H19N2O4S+. The Morgan fingerprint density at radius 3 is 2.69 bits per heavy atom. The molecule has 1 aliphatic rings. The standard InChI is InChI=1S/C9H18N2O4S/c1-3-4-6-11(7-5-10(2)8-11)9-15-16(12,13)14/h5,7H,3-4,6,8-9H2,1-2H3/p+1. The highest BCUT2D eigenvalue weighted by Crippen LogP contribution is 2.19. The molecule has 1 N–H and O–H groups in total. The molecule has 0 radical (unpaired) electrons. The van der Waals surface area contributed by atoms with Crippen LogP contribution < -0.4 is 0 Å². The van der Waals surface area contributed by atoms with Gasteiger partial charge < -0.3 is 4.90 Å². The van der Waals surface area contributed by atoms with Gasteiger partial charge in [0.15, 0.2) is 6.67 Å². The first-order valence-electron chi connectivity index (χ1n) is 5.24. The molecule has 0 fully saturated rings. The molecule has 0 bridgehead atoms. The summed E-state index contributed by atoms with van der Waals surface area (Å²) in [5, 5.41) is 0. The van der Waals surface area contributed by atoms with Gasteiger partial charge in [-0.1, -0.05) is 13.3 Å². The van der Waals surface area contributed by atoms with Gasteiger partial charge in [-0.05, 0) is 6.42 Å². The van der Waals surface area contributed by atoms with Gasteiger partial charge in [0, 0.05) is 7.05 Å². The van der Waals surface area contributed by atoms with Crippen molar-refractivity contribution in [2.75, 3.05) is 27.0 Å². The van der Waals surface area contributed by atoms with Gasteiger partial charge in [0.25, 0.3) is 0 Å². The molecule has 1 atom stereocenters. The number of unbranched alkanes of at least 4 members (excludes halogenated alkanes) is 1. The molecule has 0 aromatic rings. The van der Waals surface area contributed by atoms with Gasteiger partial charge >= 0.3 is 10.4 Å². The zero-order valence-corrected chi connectivity index (χ0v) is 10.5. The van der Waals surface area contributed by atoms with Crippen LogP contribution >= 0.6 is 0 Å². The van der Waals surface area contributed by atoms with E-state index in [-0.39, 0.29) is 6.73 Å². The quantitative estimate of drug-likeness (QED) is 0.557. The molecule has 1 aliphatic heterocycles. The monoisotopic (exact) mass is 251 g/mol. The summed E-state index contributed by atoms with van der Waals surface area (Å²) in [7, 11) is -2.45. The van der Waals surface area contributed by atoms with Crippen LogP contribution in [-0.4, -0.2) is 49.3 Å². The zero-order valence-electron chi connectivity index (χ0n) is 9.66. The van der Waals surface area contributed by atoms with Crippen LogP contribution in [0.2, 0.25) is 0 Å². The van der Waals surface area contributed by atoms with E-state index in [1.165, 1.54) is 0 Å². The molecule has 94 valence electrons. The first-order valence-corrected chi connectivity index (χ1v) is 6.61. The Morgan fingerprint density at radius 2 is 2.25 bits per heavy atom. The van der Waals surface area contributed by atoms with Gasteiger partial charge in [0.05, 0.1) is 12.7 Å². The van der Waals surface area contributed by atoms with E-state index in [1.54, 1.807) is 0 Å². The number of rotatable bonds is 6. The van der Waals surface area contributed by atoms with Crippen LogP contribution in [0.5, 0.6) is 0 Å². The van der Waals surface area contributed by atoms with Crippen LogP contribution in [-0.2, 0) is 14.6 Å². The minimum Gasteiger partial charge on any atom is -0.329 e. The summed E-state index contributed by atoms with van der Waals surface area (Å²) < 4.78 is 34.6. The second kappa shape index (κ2) is 5.13. The Kier molecular flexibility index (Phi) is 4.31. The van der Waals surface area contributed by atoms with Crippen molar-refractivity contribution in [3.05, 3.63) is 12.4 Å². The lowest BCUT2D eigenvalue weighted by atomic mass is 10.3. The summed E-state index contributed by atoms with van der Waals surface area (Å²) >= 11 is 0. The first-order chi connectivity index (χ1) is 7.37. The number of quaternary nitrogens is 1. The molecular weight excluding hydrogens is 232 g/mol. The van der Waals surface area contributed by atoms with E-state index >= 15 is 0 Å². The molecule has 0 aromatic heterocycles. The van der Waals surface area contributed by atoms with Gasteiger partial charge in [0.2, 0.25) is 6.73 Å². The number of nitrogens with zero attached hydrogens (tertiary/aromatic N) is 2. The molecule has 7 heteroatoms. The smallest absolute Gasteiger partial charge is 0.329 e. The predicted octanol–water partition coefficient (Wildman–Crippen LogP) is 0.754. The van der Waals surface area contributed by atoms with Crippen molar-refractivity contribution in [2.45, 2.75) is 19.8 Å². The van der Waals surface area contributed by atoms with Gasteiger partial charge in [-0.3, -0.25) is 9.04 Å². The summed E-state index contributed by atoms with van der Waals surface area (Å²) in [6.45, 7) is 3.48. The minimum absolute atomic E-state index is 0.0559. The molecule has 0 aromatic carbocycles. The Balaban J connectivity index is 2.62. The Labute approximate surface area is 96.6 Å². The van der Waals surface area contributed by atoms with Gasteiger partial charge in [0.1, 0.15) is 6.20 Å². The van der Waals surface area contributed by atoms with E-state index in [9.17, 15) is 8.42 Å². The van der Waals surface area contributed by atoms with E-state index < -0.39 is 10.4 Å². The highest BCUT2D eigenvalue weighted by molar-refractivity contribution is 7.80. The molecule has 1 rings (SSSR count). The fourth-order valence-electron chi connectivity index (χ4n) is 1.73. The largest absolute Gasteiger partial charge is 0.401 e. The third-order valence-electron chi connectivity index (χ3n) is 2.56. The van der Waals surface area contributed by atoms with Crippen molar-refractivity contribution >= 4 is 10.4 Å². The van der Waals surface area contributed by atoms with Crippen molar-refractivity contribution in [2.24, 2.45) is 0 Å². The van der Waals surface area contributed by atoms with E-state index in [2.05, 4.69) is 11.1 Å². The second-order valence-corrected chi connectivity index (χ2v) is 5.26. The minimum atomic E-state index is -4.36. The van der Waals surface area contributed by atoms with Crippen molar-refractivity contribution in [3.63, 3.8) is 0 Å². The molecule has 1 heterocycles. The van der Waals surface area contributed by atoms with Crippen molar-refractivity contribution < 1.29 is 21.6 Å². The van der Waals surface area contributed by atoms with Crippen LogP contribution in [0, 0.1) is 0 Å². The maximum Gasteiger partial charge on any atom is 0.401 e. The molecule has 0 aliphatic carbocycles. The number of hydrogen-bond donors (Lipinski definition) is 1. The average Bonchev–Trinajstić information content (AvgIpc) is 2.54. The molecule has 0 saturated carbocycles. The van der Waals surface area contributed by atoms with E-state index in [0.717, 1.165) is 19.4 Å². The molecule has 1 unspecified atom stereocenters. The van der Waals surface area contributed by atoms with Crippen molar-refractivity contribution in [1.82, 2.24) is 4.90 Å². The Bertz CT molecular complexity index is 355. The second-order valence-electron chi connectivity index (χ2n) is 4.17.